The molecule has 0 N–H and O–H groups in total. The maximum Gasteiger partial charge on any atom is 0.151 e. The molecule has 0 bridgehead atoms. The predicted octanol–water partition coefficient (Wildman–Crippen LogP) is 4.00. The third-order valence-corrected chi connectivity index (χ3v) is 2.97. The number of fused-ring (bicyclic) bond motifs is 1. The van der Waals surface area contributed by atoms with Crippen LogP contribution in [0.1, 0.15) is 36.7 Å². The molecule has 1 heterocycles. The second-order valence-corrected chi connectivity index (χ2v) is 5.55. The van der Waals surface area contributed by atoms with Crippen molar-refractivity contribution in [2.24, 2.45) is 0 Å². The lowest BCUT2D eigenvalue weighted by Gasteiger charge is -2.23. The van der Waals surface area contributed by atoms with Crippen LogP contribution >= 0.6 is 11.6 Å². The third kappa shape index (κ3) is 2.18. The summed E-state index contributed by atoms with van der Waals surface area (Å²) in [6.07, 6.45) is 2.48. The van der Waals surface area contributed by atoms with Gasteiger partial charge in [0.25, 0.3) is 0 Å². The Kier molecular flexibility index (Phi) is 2.92. The van der Waals surface area contributed by atoms with Gasteiger partial charge in [0.1, 0.15) is 0 Å². The minimum Gasteiger partial charge on any atom is -0.298 e. The first-order chi connectivity index (χ1) is 7.93. The molecule has 0 saturated carbocycles. The first-order valence-corrected chi connectivity index (χ1v) is 5.85. The molecule has 0 aliphatic rings. The zero-order valence-corrected chi connectivity index (χ0v) is 10.9. The average Bonchev–Trinajstić information content (AvgIpc) is 2.25. The summed E-state index contributed by atoms with van der Waals surface area (Å²) in [4.78, 5) is 15.4. The monoisotopic (exact) mass is 247 g/mol. The van der Waals surface area contributed by atoms with Crippen LogP contribution in [0.4, 0.5) is 0 Å². The Hall–Kier alpha value is -1.41. The molecule has 0 unspecified atom stereocenters. The Bertz CT molecular complexity index is 585. The summed E-state index contributed by atoms with van der Waals surface area (Å²) in [5.74, 6) is 0. The number of halogens is 1. The molecule has 17 heavy (non-hydrogen) atoms. The van der Waals surface area contributed by atoms with Gasteiger partial charge in [0, 0.05) is 22.2 Å². The van der Waals surface area contributed by atoms with Gasteiger partial charge < -0.3 is 0 Å². The van der Waals surface area contributed by atoms with Gasteiger partial charge in [0.15, 0.2) is 6.29 Å². The molecule has 0 fully saturated rings. The molecule has 2 nitrogen and oxygen atoms in total. The molecule has 0 amide bonds. The van der Waals surface area contributed by atoms with Gasteiger partial charge in [0.2, 0.25) is 0 Å². The Balaban J connectivity index is 2.89. The van der Waals surface area contributed by atoms with Crippen molar-refractivity contribution in [3.8, 4) is 0 Å². The fourth-order valence-corrected chi connectivity index (χ4v) is 2.27. The summed E-state index contributed by atoms with van der Waals surface area (Å²) in [5, 5.41) is 1.65. The molecule has 0 atom stereocenters. The van der Waals surface area contributed by atoms with Crippen LogP contribution < -0.4 is 0 Å². The van der Waals surface area contributed by atoms with Crippen LogP contribution in [0.2, 0.25) is 5.02 Å². The third-order valence-electron chi connectivity index (χ3n) is 2.74. The van der Waals surface area contributed by atoms with E-state index in [-0.39, 0.29) is 5.41 Å². The van der Waals surface area contributed by atoms with Gasteiger partial charge in [-0.1, -0.05) is 38.4 Å². The van der Waals surface area contributed by atoms with E-state index in [0.717, 1.165) is 22.8 Å². The predicted molar refractivity (Wildman–Crippen MR) is 70.8 cm³/mol. The lowest BCUT2D eigenvalue weighted by Crippen LogP contribution is -2.15. The van der Waals surface area contributed by atoms with Crippen LogP contribution in [0.25, 0.3) is 10.9 Å². The fourth-order valence-electron chi connectivity index (χ4n) is 2.11. The normalized spacial score (nSPS) is 11.8. The molecule has 0 spiro atoms. The molecule has 1 aromatic heterocycles. The van der Waals surface area contributed by atoms with Crippen LogP contribution in [0.15, 0.2) is 24.4 Å². The van der Waals surface area contributed by atoms with Gasteiger partial charge in [0.05, 0.1) is 5.52 Å². The Morgan fingerprint density at radius 3 is 2.59 bits per heavy atom. The Morgan fingerprint density at radius 2 is 2.00 bits per heavy atom. The topological polar surface area (TPSA) is 30.0 Å². The van der Waals surface area contributed by atoms with Crippen LogP contribution in [-0.4, -0.2) is 11.3 Å². The van der Waals surface area contributed by atoms with E-state index in [2.05, 4.69) is 25.8 Å². The molecule has 0 aliphatic heterocycles. The molecule has 2 aromatic rings. The van der Waals surface area contributed by atoms with Crippen molar-refractivity contribution in [3.05, 3.63) is 40.5 Å². The maximum absolute atomic E-state index is 11.1. The van der Waals surface area contributed by atoms with Crippen molar-refractivity contribution < 1.29 is 4.79 Å². The van der Waals surface area contributed by atoms with E-state index in [4.69, 9.17) is 11.6 Å². The highest BCUT2D eigenvalue weighted by Crippen LogP contribution is 2.32. The smallest absolute Gasteiger partial charge is 0.151 e. The summed E-state index contributed by atoms with van der Waals surface area (Å²) in [7, 11) is 0. The quantitative estimate of drug-likeness (QED) is 0.713. The second kappa shape index (κ2) is 4.11. The van der Waals surface area contributed by atoms with Gasteiger partial charge in [-0.3, -0.25) is 9.78 Å². The minimum atomic E-state index is -0.106. The molecule has 0 aliphatic carbocycles. The van der Waals surface area contributed by atoms with Crippen molar-refractivity contribution in [1.82, 2.24) is 4.98 Å². The van der Waals surface area contributed by atoms with Gasteiger partial charge in [-0.2, -0.15) is 0 Å². The Morgan fingerprint density at radius 1 is 1.29 bits per heavy atom. The molecule has 1 aromatic carbocycles. The first kappa shape index (κ1) is 12.1. The average molecular weight is 248 g/mol. The van der Waals surface area contributed by atoms with Crippen molar-refractivity contribution in [2.45, 2.75) is 26.2 Å². The zero-order valence-electron chi connectivity index (χ0n) is 10.1. The van der Waals surface area contributed by atoms with Crippen molar-refractivity contribution >= 4 is 28.8 Å². The number of nitrogens with zero attached hydrogens (tertiary/aromatic N) is 1. The van der Waals surface area contributed by atoms with Gasteiger partial charge >= 0.3 is 0 Å². The van der Waals surface area contributed by atoms with E-state index in [1.807, 2.05) is 18.2 Å². The molecule has 2 rings (SSSR count). The molecule has 3 heteroatoms. The number of hydrogen-bond acceptors (Lipinski definition) is 2. The second-order valence-electron chi connectivity index (χ2n) is 5.12. The maximum atomic E-state index is 11.1. The lowest BCUT2D eigenvalue weighted by atomic mass is 9.82. The van der Waals surface area contributed by atoms with E-state index in [1.165, 1.54) is 0 Å². The van der Waals surface area contributed by atoms with E-state index in [1.54, 1.807) is 6.20 Å². The van der Waals surface area contributed by atoms with Crippen LogP contribution in [0.5, 0.6) is 0 Å². The standard InChI is InChI=1S/C14H14ClNO/c1-14(2,3)13-9(8-17)7-16-12-6-10(15)4-5-11(12)13/h4-8H,1-3H3. The highest BCUT2D eigenvalue weighted by molar-refractivity contribution is 6.31. The van der Waals surface area contributed by atoms with E-state index < -0.39 is 0 Å². The van der Waals surface area contributed by atoms with Crippen molar-refractivity contribution in [2.75, 3.05) is 0 Å². The highest BCUT2D eigenvalue weighted by atomic mass is 35.5. The first-order valence-electron chi connectivity index (χ1n) is 5.47. The molecule has 0 radical (unpaired) electrons. The lowest BCUT2D eigenvalue weighted by molar-refractivity contribution is 0.112. The molecular weight excluding hydrogens is 234 g/mol. The fraction of sp³-hybridized carbons (Fsp3) is 0.286. The van der Waals surface area contributed by atoms with Gasteiger partial charge in [-0.25, -0.2) is 0 Å². The molecule has 88 valence electrons. The van der Waals surface area contributed by atoms with Crippen molar-refractivity contribution in [1.29, 1.82) is 0 Å². The minimum absolute atomic E-state index is 0.106. The number of aromatic nitrogens is 1. The summed E-state index contributed by atoms with van der Waals surface area (Å²) in [6.45, 7) is 6.26. The van der Waals surface area contributed by atoms with E-state index in [0.29, 0.717) is 10.6 Å². The van der Waals surface area contributed by atoms with Gasteiger partial charge in [-0.05, 0) is 23.1 Å². The number of carbonyl (C=O) groups is 1. The van der Waals surface area contributed by atoms with Gasteiger partial charge in [-0.15, -0.1) is 0 Å². The van der Waals surface area contributed by atoms with E-state index >= 15 is 0 Å². The number of hydrogen-bond donors (Lipinski definition) is 0. The summed E-state index contributed by atoms with van der Waals surface area (Å²) < 4.78 is 0. The molecular formula is C14H14ClNO. The number of rotatable bonds is 1. The van der Waals surface area contributed by atoms with Crippen LogP contribution in [0, 0.1) is 0 Å². The number of carbonyl (C=O) groups excluding carboxylic acids is 1. The summed E-state index contributed by atoms with van der Waals surface area (Å²) in [5.41, 5.74) is 2.39. The van der Waals surface area contributed by atoms with E-state index in [9.17, 15) is 4.79 Å². The molecule has 0 saturated heterocycles. The van der Waals surface area contributed by atoms with Crippen LogP contribution in [-0.2, 0) is 5.41 Å². The Labute approximate surface area is 106 Å². The number of pyridine rings is 1. The van der Waals surface area contributed by atoms with Crippen molar-refractivity contribution in [3.63, 3.8) is 0 Å². The summed E-state index contributed by atoms with van der Waals surface area (Å²) in [6, 6.07) is 5.58. The zero-order chi connectivity index (χ0) is 12.6. The van der Waals surface area contributed by atoms with Crippen LogP contribution in [0.3, 0.4) is 0 Å². The highest BCUT2D eigenvalue weighted by Gasteiger charge is 2.21. The SMILES string of the molecule is CC(C)(C)c1c(C=O)cnc2cc(Cl)ccc12. The largest absolute Gasteiger partial charge is 0.298 e. The summed E-state index contributed by atoms with van der Waals surface area (Å²) >= 11 is 5.95. The number of aldehydes is 1. The number of benzene rings is 1.